The van der Waals surface area contributed by atoms with E-state index < -0.39 is 0 Å². The van der Waals surface area contributed by atoms with Crippen LogP contribution < -0.4 is 24.5 Å². The molecule has 4 aromatic rings. The molecule has 0 saturated carbocycles. The van der Waals surface area contributed by atoms with Gasteiger partial charge in [-0.1, -0.05) is 48.5 Å². The highest BCUT2D eigenvalue weighted by Gasteiger charge is 2.10. The molecule has 0 bridgehead atoms. The number of amides is 1. The first kappa shape index (κ1) is 25.3. The van der Waals surface area contributed by atoms with Gasteiger partial charge in [0.25, 0.3) is 5.91 Å². The molecule has 0 aromatic heterocycles. The summed E-state index contributed by atoms with van der Waals surface area (Å²) >= 11 is 0. The Morgan fingerprint density at radius 2 is 1.54 bits per heavy atom. The Morgan fingerprint density at radius 3 is 2.22 bits per heavy atom. The molecular weight excluding hydrogens is 466 g/mol. The molecule has 0 aliphatic carbocycles. The summed E-state index contributed by atoms with van der Waals surface area (Å²) in [6, 6.07) is 32.7. The highest BCUT2D eigenvalue weighted by molar-refractivity contribution is 5.92. The van der Waals surface area contributed by atoms with Crippen molar-refractivity contribution in [2.45, 2.75) is 6.54 Å². The number of carbonyl (C=O) groups is 1. The molecule has 0 spiro atoms. The molecule has 0 aliphatic rings. The lowest BCUT2D eigenvalue weighted by Gasteiger charge is -2.19. The van der Waals surface area contributed by atoms with Crippen LogP contribution in [0.25, 0.3) is 0 Å². The summed E-state index contributed by atoms with van der Waals surface area (Å²) in [4.78, 5) is 12.3. The molecule has 0 radical (unpaired) electrons. The van der Waals surface area contributed by atoms with E-state index in [1.165, 1.54) is 0 Å². The number of nitrogens with one attached hydrogen (secondary N) is 1. The summed E-state index contributed by atoms with van der Waals surface area (Å²) in [6.07, 6.45) is 1.78. The topological polar surface area (TPSA) is 72.4 Å². The Kier molecular flexibility index (Phi) is 8.75. The van der Waals surface area contributed by atoms with Crippen molar-refractivity contribution in [3.05, 3.63) is 114 Å². The molecule has 0 fully saturated rings. The zero-order chi connectivity index (χ0) is 25.9. The van der Waals surface area contributed by atoms with Crippen LogP contribution in [0.5, 0.6) is 17.2 Å². The Labute approximate surface area is 216 Å². The van der Waals surface area contributed by atoms with Crippen molar-refractivity contribution in [3.63, 3.8) is 0 Å². The fraction of sp³-hybridized carbons (Fsp3) is 0.133. The molecule has 1 amide bonds. The van der Waals surface area contributed by atoms with E-state index in [-0.39, 0.29) is 12.5 Å². The quantitative estimate of drug-likeness (QED) is 0.212. The maximum atomic E-state index is 12.3. The van der Waals surface area contributed by atoms with Crippen LogP contribution in [-0.2, 0) is 11.3 Å². The summed E-state index contributed by atoms with van der Waals surface area (Å²) in [6.45, 7) is 0.470. The zero-order valence-electron chi connectivity index (χ0n) is 20.8. The predicted molar refractivity (Wildman–Crippen MR) is 147 cm³/mol. The van der Waals surface area contributed by atoms with Crippen molar-refractivity contribution in [2.24, 2.45) is 5.10 Å². The minimum Gasteiger partial charge on any atom is -0.497 e. The first-order chi connectivity index (χ1) is 18.1. The number of hydrogen-bond acceptors (Lipinski definition) is 6. The molecule has 0 saturated heterocycles. The van der Waals surface area contributed by atoms with Gasteiger partial charge < -0.3 is 19.5 Å². The average molecular weight is 496 g/mol. The van der Waals surface area contributed by atoms with Crippen LogP contribution in [0.15, 0.2) is 108 Å². The molecule has 4 rings (SSSR count). The molecule has 0 heterocycles. The largest absolute Gasteiger partial charge is 0.497 e. The molecular formula is C30H29N3O4. The second-order valence-corrected chi connectivity index (χ2v) is 8.10. The summed E-state index contributed by atoms with van der Waals surface area (Å²) in [7, 11) is 3.15. The van der Waals surface area contributed by atoms with E-state index in [2.05, 4.69) is 17.4 Å². The normalized spacial score (nSPS) is 10.6. The van der Waals surface area contributed by atoms with E-state index in [1.807, 2.05) is 65.7 Å². The van der Waals surface area contributed by atoms with Gasteiger partial charge in [-0.2, -0.15) is 5.10 Å². The third-order valence-corrected chi connectivity index (χ3v) is 5.50. The third-order valence-electron chi connectivity index (χ3n) is 5.50. The maximum Gasteiger partial charge on any atom is 0.262 e. The van der Waals surface area contributed by atoms with Crippen LogP contribution in [0, 0.1) is 0 Å². The van der Waals surface area contributed by atoms with E-state index in [0.717, 1.165) is 22.6 Å². The number of anilines is 2. The van der Waals surface area contributed by atoms with Gasteiger partial charge in [-0.25, -0.2) is 0 Å². The van der Waals surface area contributed by atoms with Gasteiger partial charge in [0.05, 0.1) is 32.7 Å². The van der Waals surface area contributed by atoms with Gasteiger partial charge in [0, 0.05) is 5.69 Å². The molecule has 37 heavy (non-hydrogen) atoms. The van der Waals surface area contributed by atoms with Crippen molar-refractivity contribution in [1.29, 1.82) is 0 Å². The van der Waals surface area contributed by atoms with E-state index in [9.17, 15) is 4.79 Å². The van der Waals surface area contributed by atoms with Crippen LogP contribution in [0.1, 0.15) is 11.1 Å². The molecule has 4 aromatic carbocycles. The second kappa shape index (κ2) is 12.8. The summed E-state index contributed by atoms with van der Waals surface area (Å²) in [5, 5.41) is 9.47. The van der Waals surface area contributed by atoms with Gasteiger partial charge >= 0.3 is 0 Å². The Bertz CT molecular complexity index is 1310. The number of para-hydroxylation sites is 1. The Morgan fingerprint density at radius 1 is 0.838 bits per heavy atom. The van der Waals surface area contributed by atoms with Gasteiger partial charge in [0.1, 0.15) is 5.75 Å². The van der Waals surface area contributed by atoms with Crippen molar-refractivity contribution in [3.8, 4) is 17.2 Å². The van der Waals surface area contributed by atoms with E-state index in [0.29, 0.717) is 23.7 Å². The van der Waals surface area contributed by atoms with Crippen molar-refractivity contribution >= 4 is 23.5 Å². The third kappa shape index (κ3) is 7.35. The molecule has 7 heteroatoms. The van der Waals surface area contributed by atoms with Gasteiger partial charge in [-0.3, -0.25) is 9.80 Å². The molecule has 7 nitrogen and oxygen atoms in total. The average Bonchev–Trinajstić information content (AvgIpc) is 2.95. The minimum absolute atomic E-state index is 0.158. The second-order valence-electron chi connectivity index (χ2n) is 8.10. The highest BCUT2D eigenvalue weighted by Crippen LogP contribution is 2.28. The maximum absolute atomic E-state index is 12.3. The smallest absolute Gasteiger partial charge is 0.262 e. The van der Waals surface area contributed by atoms with Gasteiger partial charge in [-0.05, 0) is 65.7 Å². The molecule has 0 atom stereocenters. The fourth-order valence-corrected chi connectivity index (χ4v) is 3.59. The Hall–Kier alpha value is -4.78. The van der Waals surface area contributed by atoms with Crippen LogP contribution >= 0.6 is 0 Å². The van der Waals surface area contributed by atoms with Crippen LogP contribution in [0.4, 0.5) is 11.4 Å². The standard InChI is InChI=1S/C30H29N3O4/c1-35-27-16-14-25(15-17-27)32-30(34)22-37-28-18-13-24(19-29(28)36-2)20-31-33(26-11-7-4-8-12-26)21-23-9-5-3-6-10-23/h3-20H,21-22H2,1-2H3,(H,32,34)/b31-20-. The molecule has 188 valence electrons. The fourth-order valence-electron chi connectivity index (χ4n) is 3.59. The summed E-state index contributed by atoms with van der Waals surface area (Å²) in [5.74, 6) is 1.41. The summed E-state index contributed by atoms with van der Waals surface area (Å²) in [5.41, 5.74) is 3.63. The van der Waals surface area contributed by atoms with Crippen LogP contribution in [0.2, 0.25) is 0 Å². The van der Waals surface area contributed by atoms with Crippen molar-refractivity contribution in [2.75, 3.05) is 31.2 Å². The van der Waals surface area contributed by atoms with Crippen molar-refractivity contribution in [1.82, 2.24) is 0 Å². The lowest BCUT2D eigenvalue weighted by atomic mass is 10.2. The number of hydrogen-bond donors (Lipinski definition) is 1. The van der Waals surface area contributed by atoms with Crippen LogP contribution in [-0.4, -0.2) is 32.9 Å². The zero-order valence-corrected chi connectivity index (χ0v) is 20.8. The van der Waals surface area contributed by atoms with Gasteiger partial charge in [0.2, 0.25) is 0 Å². The SMILES string of the molecule is COc1ccc(NC(=O)COc2ccc(/C=N\N(Cc3ccccc3)c3ccccc3)cc2OC)cc1. The number of benzene rings is 4. The molecule has 0 aliphatic heterocycles. The van der Waals surface area contributed by atoms with E-state index >= 15 is 0 Å². The van der Waals surface area contributed by atoms with Gasteiger partial charge in [-0.15, -0.1) is 0 Å². The van der Waals surface area contributed by atoms with Crippen LogP contribution in [0.3, 0.4) is 0 Å². The lowest BCUT2D eigenvalue weighted by Crippen LogP contribution is -2.20. The highest BCUT2D eigenvalue weighted by atomic mass is 16.5. The minimum atomic E-state index is -0.280. The molecule has 0 unspecified atom stereocenters. The number of hydrazone groups is 1. The number of rotatable bonds is 11. The first-order valence-electron chi connectivity index (χ1n) is 11.8. The van der Waals surface area contributed by atoms with Gasteiger partial charge in [0.15, 0.2) is 18.1 Å². The van der Waals surface area contributed by atoms with E-state index in [1.54, 1.807) is 50.8 Å². The molecule has 1 N–H and O–H groups in total. The predicted octanol–water partition coefficient (Wildman–Crippen LogP) is 5.76. The number of carbonyl (C=O) groups excluding carboxylic acids is 1. The number of ether oxygens (including phenoxy) is 3. The Balaban J connectivity index is 1.42. The lowest BCUT2D eigenvalue weighted by molar-refractivity contribution is -0.118. The number of nitrogens with zero attached hydrogens (tertiary/aromatic N) is 2. The van der Waals surface area contributed by atoms with Crippen molar-refractivity contribution < 1.29 is 19.0 Å². The number of methoxy groups -OCH3 is 2. The van der Waals surface area contributed by atoms with E-state index in [4.69, 9.17) is 19.3 Å². The monoisotopic (exact) mass is 495 g/mol. The first-order valence-corrected chi connectivity index (χ1v) is 11.8. The summed E-state index contributed by atoms with van der Waals surface area (Å²) < 4.78 is 16.4.